The maximum Gasteiger partial charge on any atom is 0.434 e. The summed E-state index contributed by atoms with van der Waals surface area (Å²) in [7, 11) is 0. The maximum atomic E-state index is 12.7. The van der Waals surface area contributed by atoms with E-state index in [4.69, 9.17) is 0 Å². The van der Waals surface area contributed by atoms with Gasteiger partial charge in [0.25, 0.3) is 6.10 Å². The molecule has 2 unspecified atom stereocenters. The number of nitrogens with zero attached hydrogens (tertiary/aromatic N) is 3. The Morgan fingerprint density at radius 3 is 2.12 bits per heavy atom. The second-order valence-electron chi connectivity index (χ2n) is 9.60. The largest absolute Gasteiger partial charge is 0.434 e. The summed E-state index contributed by atoms with van der Waals surface area (Å²) in [6, 6.07) is 6.25. The van der Waals surface area contributed by atoms with Crippen molar-refractivity contribution in [2.75, 3.05) is 44.2 Å². The van der Waals surface area contributed by atoms with Crippen LogP contribution in [0.2, 0.25) is 0 Å². The highest BCUT2D eigenvalue weighted by atomic mass is 19.4. The van der Waals surface area contributed by atoms with E-state index in [9.17, 15) is 31.1 Å². The molecule has 0 aliphatic carbocycles. The number of amides is 1. The number of alkyl halides is 6. The van der Waals surface area contributed by atoms with Crippen molar-refractivity contribution in [3.8, 4) is 0 Å². The lowest BCUT2D eigenvalue weighted by Crippen LogP contribution is -2.48. The Balaban J connectivity index is 1.36. The summed E-state index contributed by atoms with van der Waals surface area (Å²) < 4.78 is 80.2. The van der Waals surface area contributed by atoms with E-state index in [1.807, 2.05) is 6.07 Å². The number of aryl methyl sites for hydroxylation is 1. The fraction of sp³-hybridized carbons (Fsp3) is 0.696. The first-order valence-electron chi connectivity index (χ1n) is 11.6. The summed E-state index contributed by atoms with van der Waals surface area (Å²) in [6.45, 7) is 6.31. The molecule has 0 N–H and O–H groups in total. The summed E-state index contributed by atoms with van der Waals surface area (Å²) in [5, 5.41) is 0. The predicted octanol–water partition coefficient (Wildman–Crippen LogP) is 4.98. The van der Waals surface area contributed by atoms with Crippen molar-refractivity contribution < 1.29 is 35.9 Å². The molecule has 0 saturated carbocycles. The number of anilines is 1. The summed E-state index contributed by atoms with van der Waals surface area (Å²) in [5.41, 5.74) is 3.70. The number of piperidine rings is 1. The maximum absolute atomic E-state index is 12.7. The molecule has 0 radical (unpaired) electrons. The summed E-state index contributed by atoms with van der Waals surface area (Å²) in [4.78, 5) is 17.8. The number of para-hydroxylation sites is 1. The lowest BCUT2D eigenvalue weighted by molar-refractivity contribution is -0.308. The zero-order valence-electron chi connectivity index (χ0n) is 19.0. The Morgan fingerprint density at radius 1 is 0.971 bits per heavy atom. The van der Waals surface area contributed by atoms with Crippen molar-refractivity contribution in [2.45, 2.75) is 51.2 Å². The number of carbonyl (C=O) groups is 1. The van der Waals surface area contributed by atoms with Crippen LogP contribution in [0.15, 0.2) is 18.2 Å². The van der Waals surface area contributed by atoms with Crippen LogP contribution in [0.4, 0.5) is 36.8 Å². The van der Waals surface area contributed by atoms with Gasteiger partial charge >= 0.3 is 18.4 Å². The molecule has 11 heteroatoms. The van der Waals surface area contributed by atoms with Gasteiger partial charge in [-0.15, -0.1) is 0 Å². The van der Waals surface area contributed by atoms with E-state index in [2.05, 4.69) is 33.6 Å². The number of hydrogen-bond donors (Lipinski definition) is 0. The van der Waals surface area contributed by atoms with E-state index >= 15 is 0 Å². The number of hydrogen-bond acceptors (Lipinski definition) is 4. The van der Waals surface area contributed by atoms with Gasteiger partial charge in [0.2, 0.25) is 0 Å². The number of carbonyl (C=O) groups excluding carboxylic acids is 1. The first-order chi connectivity index (χ1) is 15.9. The molecule has 1 aromatic carbocycles. The molecule has 5 nitrogen and oxygen atoms in total. The molecular weight excluding hydrogens is 464 g/mol. The normalized spacial score (nSPS) is 24.1. The van der Waals surface area contributed by atoms with Crippen molar-refractivity contribution >= 4 is 11.8 Å². The lowest BCUT2D eigenvalue weighted by atomic mass is 10.0. The van der Waals surface area contributed by atoms with Crippen LogP contribution in [0.25, 0.3) is 0 Å². The van der Waals surface area contributed by atoms with Crippen LogP contribution >= 0.6 is 0 Å². The molecule has 1 amide bonds. The second kappa shape index (κ2) is 9.47. The smallest absolute Gasteiger partial charge is 0.426 e. The van der Waals surface area contributed by atoms with Crippen LogP contribution in [-0.2, 0) is 11.3 Å². The van der Waals surface area contributed by atoms with Gasteiger partial charge in [0.05, 0.1) is 0 Å². The molecule has 190 valence electrons. The first kappa shape index (κ1) is 24.9. The third-order valence-corrected chi connectivity index (χ3v) is 7.02. The van der Waals surface area contributed by atoms with Crippen molar-refractivity contribution in [1.82, 2.24) is 9.80 Å². The second-order valence-corrected chi connectivity index (χ2v) is 9.60. The van der Waals surface area contributed by atoms with Crippen LogP contribution < -0.4 is 4.90 Å². The molecule has 1 aromatic rings. The minimum atomic E-state index is -5.71. The van der Waals surface area contributed by atoms with E-state index in [1.54, 1.807) is 0 Å². The monoisotopic (exact) mass is 493 g/mol. The Kier molecular flexibility index (Phi) is 6.94. The van der Waals surface area contributed by atoms with Crippen molar-refractivity contribution in [3.05, 3.63) is 29.3 Å². The van der Waals surface area contributed by atoms with Gasteiger partial charge in [-0.1, -0.05) is 18.2 Å². The fourth-order valence-corrected chi connectivity index (χ4v) is 5.52. The predicted molar refractivity (Wildman–Crippen MR) is 113 cm³/mol. The van der Waals surface area contributed by atoms with Crippen LogP contribution in [0.1, 0.15) is 30.4 Å². The van der Waals surface area contributed by atoms with E-state index in [0.717, 1.165) is 37.4 Å². The van der Waals surface area contributed by atoms with Crippen LogP contribution in [0.5, 0.6) is 0 Å². The van der Waals surface area contributed by atoms with E-state index < -0.39 is 24.5 Å². The van der Waals surface area contributed by atoms with Gasteiger partial charge in [0.1, 0.15) is 0 Å². The van der Waals surface area contributed by atoms with Crippen LogP contribution in [0.3, 0.4) is 0 Å². The molecule has 0 spiro atoms. The molecular formula is C23H29F6N3O2. The lowest BCUT2D eigenvalue weighted by Gasteiger charge is -2.33. The molecule has 2 atom stereocenters. The van der Waals surface area contributed by atoms with Gasteiger partial charge in [0, 0.05) is 51.5 Å². The average Bonchev–Trinajstić information content (AvgIpc) is 3.29. The van der Waals surface area contributed by atoms with E-state index in [1.165, 1.54) is 23.2 Å². The summed E-state index contributed by atoms with van der Waals surface area (Å²) >= 11 is 0. The van der Waals surface area contributed by atoms with Crippen LogP contribution in [-0.4, -0.2) is 73.6 Å². The van der Waals surface area contributed by atoms with Crippen LogP contribution in [0, 0.1) is 18.8 Å². The molecule has 34 heavy (non-hydrogen) atoms. The molecule has 0 bridgehead atoms. The molecule has 3 heterocycles. The first-order valence-corrected chi connectivity index (χ1v) is 11.6. The number of ether oxygens (including phenoxy) is 1. The topological polar surface area (TPSA) is 36.0 Å². The molecule has 3 aliphatic heterocycles. The molecule has 3 fully saturated rings. The highest BCUT2D eigenvalue weighted by molar-refractivity contribution is 5.68. The van der Waals surface area contributed by atoms with Gasteiger partial charge in [-0.3, -0.25) is 4.90 Å². The average molecular weight is 493 g/mol. The Morgan fingerprint density at radius 2 is 1.56 bits per heavy atom. The van der Waals surface area contributed by atoms with Gasteiger partial charge in [-0.25, -0.2) is 4.79 Å². The quantitative estimate of drug-likeness (QED) is 0.555. The van der Waals surface area contributed by atoms with E-state index in [0.29, 0.717) is 13.1 Å². The zero-order chi connectivity index (χ0) is 24.7. The highest BCUT2D eigenvalue weighted by Crippen LogP contribution is 2.38. The standard InChI is InChI=1S/C23H29F6N3O2/c1-15-6-5-7-16(19(15)31-8-3-2-4-9-31)10-30-11-17-13-32(14-18(17)12-30)21(33)34-20(22(24,25)26)23(27,28)29/h5-7,17-18,20H,2-4,8-14H2,1H3. The minimum Gasteiger partial charge on any atom is -0.426 e. The Labute approximate surface area is 194 Å². The third kappa shape index (κ3) is 5.39. The molecule has 3 saturated heterocycles. The van der Waals surface area contributed by atoms with Gasteiger partial charge in [-0.05, 0) is 49.1 Å². The number of halogens is 6. The third-order valence-electron chi connectivity index (χ3n) is 7.02. The van der Waals surface area contributed by atoms with Gasteiger partial charge < -0.3 is 14.5 Å². The Bertz CT molecular complexity index is 856. The van der Waals surface area contributed by atoms with Gasteiger partial charge in [0.15, 0.2) is 0 Å². The number of benzene rings is 1. The highest BCUT2D eigenvalue weighted by Gasteiger charge is 2.60. The van der Waals surface area contributed by atoms with E-state index in [-0.39, 0.29) is 24.9 Å². The van der Waals surface area contributed by atoms with Crippen molar-refractivity contribution in [2.24, 2.45) is 11.8 Å². The van der Waals surface area contributed by atoms with Gasteiger partial charge in [-0.2, -0.15) is 26.3 Å². The summed E-state index contributed by atoms with van der Waals surface area (Å²) in [5.74, 6) is -0.0166. The van der Waals surface area contributed by atoms with Crippen molar-refractivity contribution in [3.63, 3.8) is 0 Å². The molecule has 3 aliphatic rings. The minimum absolute atomic E-state index is 0.00832. The Hall–Kier alpha value is -2.17. The number of likely N-dealkylation sites (tertiary alicyclic amines) is 2. The molecule has 0 aromatic heterocycles. The number of rotatable bonds is 4. The SMILES string of the molecule is Cc1cccc(CN2CC3CN(C(=O)OC(C(F)(F)F)C(F)(F)F)CC3C2)c1N1CCCCC1. The zero-order valence-corrected chi connectivity index (χ0v) is 19.0. The fourth-order valence-electron chi connectivity index (χ4n) is 5.52. The number of fused-ring (bicyclic) bond motifs is 1. The van der Waals surface area contributed by atoms with Crippen molar-refractivity contribution in [1.29, 1.82) is 0 Å². The summed E-state index contributed by atoms with van der Waals surface area (Å²) in [6.07, 6.45) is -13.5. The molecule has 4 rings (SSSR count).